The number of nitrogens with zero attached hydrogens (tertiary/aromatic N) is 3. The van der Waals surface area contributed by atoms with Crippen molar-refractivity contribution in [3.05, 3.63) is 107 Å². The first-order valence-corrected chi connectivity index (χ1v) is 13.5. The van der Waals surface area contributed by atoms with E-state index in [1.54, 1.807) is 23.2 Å². The number of fused-ring (bicyclic) bond motifs is 1. The maximum absolute atomic E-state index is 14.0. The van der Waals surface area contributed by atoms with E-state index >= 15 is 0 Å². The van der Waals surface area contributed by atoms with Crippen molar-refractivity contribution in [2.75, 3.05) is 19.6 Å². The zero-order valence-corrected chi connectivity index (χ0v) is 23.1. The zero-order chi connectivity index (χ0) is 29.1. The van der Waals surface area contributed by atoms with Crippen LogP contribution < -0.4 is 10.6 Å². The predicted octanol–water partition coefficient (Wildman–Crippen LogP) is 6.30. The van der Waals surface area contributed by atoms with Crippen molar-refractivity contribution >= 4 is 23.7 Å². The quantitative estimate of drug-likeness (QED) is 0.251. The highest BCUT2D eigenvalue weighted by Crippen LogP contribution is 2.31. The highest BCUT2D eigenvalue weighted by Gasteiger charge is 2.37. The van der Waals surface area contributed by atoms with Crippen LogP contribution in [0.5, 0.6) is 0 Å². The van der Waals surface area contributed by atoms with Crippen LogP contribution in [-0.4, -0.2) is 50.6 Å². The summed E-state index contributed by atoms with van der Waals surface area (Å²) in [6, 6.07) is 10.3. The lowest BCUT2D eigenvalue weighted by molar-refractivity contribution is 0.0131. The van der Waals surface area contributed by atoms with Crippen molar-refractivity contribution in [1.29, 1.82) is 0 Å². The fourth-order valence-corrected chi connectivity index (χ4v) is 5.20. The minimum atomic E-state index is -2.64. The second-order valence-corrected chi connectivity index (χ2v) is 10.2. The van der Waals surface area contributed by atoms with Gasteiger partial charge in [-0.25, -0.2) is 18.2 Å². The van der Waals surface area contributed by atoms with Crippen LogP contribution in [0.15, 0.2) is 90.2 Å². The second-order valence-electron chi connectivity index (χ2n) is 10.2. The van der Waals surface area contributed by atoms with Gasteiger partial charge in [-0.2, -0.15) is 5.10 Å². The van der Waals surface area contributed by atoms with E-state index in [1.807, 2.05) is 56.4 Å². The Bertz CT molecular complexity index is 1810. The molecule has 5 nitrogen and oxygen atoms in total. The molecule has 4 aromatic rings. The van der Waals surface area contributed by atoms with Crippen molar-refractivity contribution in [2.45, 2.75) is 26.2 Å². The number of H-pyrrole nitrogens is 2. The Morgan fingerprint density at radius 1 is 1.15 bits per heavy atom. The molecule has 1 aliphatic heterocycles. The van der Waals surface area contributed by atoms with Crippen molar-refractivity contribution in [3.63, 3.8) is 0 Å². The van der Waals surface area contributed by atoms with Gasteiger partial charge < -0.3 is 4.98 Å². The number of nitrogens with one attached hydrogen (secondary N) is 2. The Labute approximate surface area is 236 Å². The lowest BCUT2D eigenvalue weighted by Crippen LogP contribution is -2.26. The molecule has 41 heavy (non-hydrogen) atoms. The van der Waals surface area contributed by atoms with E-state index in [9.17, 15) is 13.2 Å². The Morgan fingerprint density at radius 3 is 2.63 bits per heavy atom. The molecular weight excluding hydrogens is 523 g/mol. The molecule has 0 radical (unpaired) electrons. The molecule has 1 aliphatic rings. The van der Waals surface area contributed by atoms with E-state index in [0.29, 0.717) is 29.8 Å². The van der Waals surface area contributed by atoms with E-state index in [4.69, 9.17) is 0 Å². The summed E-state index contributed by atoms with van der Waals surface area (Å²) in [6.45, 7) is 12.5. The van der Waals surface area contributed by atoms with E-state index in [-0.39, 0.29) is 18.8 Å². The summed E-state index contributed by atoms with van der Waals surface area (Å²) >= 11 is 0. The first kappa shape index (κ1) is 28.1. The van der Waals surface area contributed by atoms with E-state index < -0.39 is 5.92 Å². The lowest BCUT2D eigenvalue weighted by atomic mass is 10.00. The number of aromatic amines is 2. The molecule has 0 atom stereocenters. The van der Waals surface area contributed by atoms with Gasteiger partial charge >= 0.3 is 0 Å². The summed E-state index contributed by atoms with van der Waals surface area (Å²) in [5, 5.41) is 9.81. The molecule has 0 spiro atoms. The minimum Gasteiger partial charge on any atom is -0.338 e. The Hall–Kier alpha value is -4.43. The highest BCUT2D eigenvalue weighted by molar-refractivity contribution is 5.96. The first-order valence-electron chi connectivity index (χ1n) is 13.5. The third kappa shape index (κ3) is 6.02. The highest BCUT2D eigenvalue weighted by atomic mass is 19.3. The third-order valence-electron chi connectivity index (χ3n) is 7.32. The van der Waals surface area contributed by atoms with Crippen LogP contribution in [0.3, 0.4) is 0 Å². The average molecular weight is 556 g/mol. The van der Waals surface area contributed by atoms with Gasteiger partial charge in [-0.1, -0.05) is 49.6 Å². The molecule has 0 unspecified atom stereocenters. The number of hydrogen-bond donors (Lipinski definition) is 2. The number of pyridine rings is 1. The van der Waals surface area contributed by atoms with Crippen LogP contribution in [0.4, 0.5) is 13.2 Å². The smallest absolute Gasteiger partial charge is 0.261 e. The summed E-state index contributed by atoms with van der Waals surface area (Å²) < 4.78 is 41.4. The Balaban J connectivity index is 1.51. The van der Waals surface area contributed by atoms with Gasteiger partial charge in [0.25, 0.3) is 5.92 Å². The lowest BCUT2D eigenvalue weighted by Gasteiger charge is -2.16. The number of halogens is 3. The van der Waals surface area contributed by atoms with Crippen molar-refractivity contribution in [3.8, 4) is 22.5 Å². The molecule has 4 heterocycles. The second kappa shape index (κ2) is 11.6. The maximum Gasteiger partial charge on any atom is 0.261 e. The molecule has 0 amide bonds. The van der Waals surface area contributed by atoms with Crippen molar-refractivity contribution in [2.24, 2.45) is 0 Å². The Kier molecular flexibility index (Phi) is 7.94. The molecule has 8 heteroatoms. The molecule has 210 valence electrons. The molecule has 1 aromatic carbocycles. The largest absolute Gasteiger partial charge is 0.338 e. The number of rotatable bonds is 8. The van der Waals surface area contributed by atoms with Crippen LogP contribution in [0.2, 0.25) is 0 Å². The zero-order valence-electron chi connectivity index (χ0n) is 23.1. The van der Waals surface area contributed by atoms with Gasteiger partial charge in [0.1, 0.15) is 17.2 Å². The molecule has 0 saturated carbocycles. The van der Waals surface area contributed by atoms with Crippen LogP contribution in [0, 0.1) is 5.82 Å². The van der Waals surface area contributed by atoms with Gasteiger partial charge in [-0.15, -0.1) is 0 Å². The van der Waals surface area contributed by atoms with Crippen LogP contribution in [0.1, 0.15) is 20.3 Å². The van der Waals surface area contributed by atoms with Crippen LogP contribution in [0.25, 0.3) is 46.2 Å². The average Bonchev–Trinajstić information content (AvgIpc) is 3.65. The van der Waals surface area contributed by atoms with Gasteiger partial charge in [0, 0.05) is 36.3 Å². The standard InChI is InChI=1S/C33H32F3N5/c1-5-22(19-41-14-12-33(35,36)20-41)15-23(6-2)24(7-3)17-28-21(4)39-40-31(28)30-18-29-27(11-13-37-32(29)38-30)25-9-8-10-26(34)16-25/h5-11,13,15-18,39H,1,4,12,14,19-20H2,2-3H3,(H,37,38)/b22-15+,23-6+,24-7+,28-17+. The monoisotopic (exact) mass is 555 g/mol. The third-order valence-corrected chi connectivity index (χ3v) is 7.32. The summed E-state index contributed by atoms with van der Waals surface area (Å²) in [5.74, 6) is -2.95. The van der Waals surface area contributed by atoms with Crippen molar-refractivity contribution < 1.29 is 13.2 Å². The number of hydrogen-bond acceptors (Lipinski definition) is 3. The van der Waals surface area contributed by atoms with Crippen LogP contribution >= 0.6 is 0 Å². The van der Waals surface area contributed by atoms with Gasteiger partial charge in [-0.05, 0) is 72.0 Å². The van der Waals surface area contributed by atoms with E-state index in [1.165, 1.54) is 12.1 Å². The molecule has 5 rings (SSSR count). The first-order chi connectivity index (χ1) is 19.7. The fourth-order valence-electron chi connectivity index (χ4n) is 5.20. The molecule has 3 aromatic heterocycles. The summed E-state index contributed by atoms with van der Waals surface area (Å²) in [4.78, 5) is 9.59. The fraction of sp³-hybridized carbons (Fsp3) is 0.212. The number of benzene rings is 1. The Morgan fingerprint density at radius 2 is 1.95 bits per heavy atom. The van der Waals surface area contributed by atoms with E-state index in [2.05, 4.69) is 33.3 Å². The molecule has 2 N–H and O–H groups in total. The summed E-state index contributed by atoms with van der Waals surface area (Å²) in [7, 11) is 0. The number of alkyl halides is 2. The number of allylic oxidation sites excluding steroid dienone is 5. The van der Waals surface area contributed by atoms with Gasteiger partial charge in [0.2, 0.25) is 0 Å². The number of aromatic nitrogens is 4. The summed E-state index contributed by atoms with van der Waals surface area (Å²) in [5.41, 5.74) is 6.38. The topological polar surface area (TPSA) is 60.6 Å². The normalized spacial score (nSPS) is 17.1. The molecular formula is C33H32F3N5. The van der Waals surface area contributed by atoms with E-state index in [0.717, 1.165) is 44.1 Å². The molecule has 0 aliphatic carbocycles. The van der Waals surface area contributed by atoms with Gasteiger partial charge in [0.15, 0.2) is 0 Å². The van der Waals surface area contributed by atoms with Gasteiger partial charge in [-0.3, -0.25) is 10.00 Å². The predicted molar refractivity (Wildman–Crippen MR) is 160 cm³/mol. The maximum atomic E-state index is 14.0. The molecule has 0 bridgehead atoms. The minimum absolute atomic E-state index is 0.121. The summed E-state index contributed by atoms with van der Waals surface area (Å²) in [6.07, 6.45) is 11.2. The molecule has 1 saturated heterocycles. The van der Waals surface area contributed by atoms with Crippen molar-refractivity contribution in [1.82, 2.24) is 25.1 Å². The number of likely N-dealkylation sites (tertiary alicyclic amines) is 1. The van der Waals surface area contributed by atoms with Gasteiger partial charge in [0.05, 0.1) is 17.6 Å². The molecule has 1 fully saturated rings. The van der Waals surface area contributed by atoms with Crippen LogP contribution in [-0.2, 0) is 0 Å². The SMILES string of the molecule is C=C\C(=C/C(=C\C)C(/C=c1/c(-c2cc3c(-c4cccc(F)c4)ccnc3[nH]2)n[nH]c1=C)=C/C)CN1CCC(F)(F)C1.